The quantitative estimate of drug-likeness (QED) is 0.597. The van der Waals surface area contributed by atoms with Crippen molar-refractivity contribution in [1.29, 1.82) is 0 Å². The van der Waals surface area contributed by atoms with E-state index in [2.05, 4.69) is 6.58 Å². The summed E-state index contributed by atoms with van der Waals surface area (Å²) in [5.41, 5.74) is 0.577. The van der Waals surface area contributed by atoms with Crippen LogP contribution in [0.1, 0.15) is 15.9 Å². The number of carbonyl (C=O) groups excluding carboxylic acids is 1. The SMILES string of the molecule is C=CCN1C=C(OC(=O)c2ccccc2OC)c2ccccc2S1(=O)=O. The van der Waals surface area contributed by atoms with E-state index in [1.54, 1.807) is 42.5 Å². The molecule has 0 spiro atoms. The first kappa shape index (κ1) is 17.8. The lowest BCUT2D eigenvalue weighted by molar-refractivity contribution is 0.0685. The van der Waals surface area contributed by atoms with Crippen LogP contribution in [-0.4, -0.2) is 32.3 Å². The molecule has 0 bridgehead atoms. The molecular formula is C19H17NO5S. The van der Waals surface area contributed by atoms with Gasteiger partial charge in [-0.2, -0.15) is 0 Å². The van der Waals surface area contributed by atoms with E-state index in [0.29, 0.717) is 11.3 Å². The molecule has 0 N–H and O–H groups in total. The van der Waals surface area contributed by atoms with E-state index in [-0.39, 0.29) is 22.8 Å². The Hall–Kier alpha value is -3.06. The van der Waals surface area contributed by atoms with Crippen molar-refractivity contribution >= 4 is 21.8 Å². The highest BCUT2D eigenvalue weighted by atomic mass is 32.2. The van der Waals surface area contributed by atoms with E-state index in [1.807, 2.05) is 0 Å². The fraction of sp³-hybridized carbons (Fsp3) is 0.105. The number of esters is 1. The van der Waals surface area contributed by atoms with Crippen LogP contribution in [0.15, 0.2) is 72.3 Å². The topological polar surface area (TPSA) is 72.9 Å². The van der Waals surface area contributed by atoms with Gasteiger partial charge in [-0.3, -0.25) is 4.31 Å². The molecule has 0 atom stereocenters. The van der Waals surface area contributed by atoms with Gasteiger partial charge >= 0.3 is 5.97 Å². The minimum absolute atomic E-state index is 0.0619. The average Bonchev–Trinajstić information content (AvgIpc) is 2.66. The van der Waals surface area contributed by atoms with Crippen molar-refractivity contribution in [3.63, 3.8) is 0 Å². The molecule has 2 aromatic carbocycles. The Morgan fingerprint density at radius 3 is 2.58 bits per heavy atom. The standard InChI is InChI=1S/C19H17NO5S/c1-3-12-20-13-17(14-8-5-7-11-18(14)26(20,22)23)25-19(21)15-9-4-6-10-16(15)24-2/h3-11,13H,1,12H2,2H3. The van der Waals surface area contributed by atoms with Gasteiger partial charge in [0.2, 0.25) is 0 Å². The van der Waals surface area contributed by atoms with Gasteiger partial charge < -0.3 is 9.47 Å². The third-order valence-electron chi connectivity index (χ3n) is 3.84. The number of sulfonamides is 1. The highest BCUT2D eigenvalue weighted by molar-refractivity contribution is 7.89. The predicted octanol–water partition coefficient (Wildman–Crippen LogP) is 3.04. The molecule has 0 saturated heterocycles. The van der Waals surface area contributed by atoms with Crippen LogP contribution in [0.25, 0.3) is 5.76 Å². The Kier molecular flexibility index (Phi) is 4.81. The second kappa shape index (κ2) is 7.05. The van der Waals surface area contributed by atoms with Crippen LogP contribution in [0, 0.1) is 0 Å². The number of carbonyl (C=O) groups is 1. The van der Waals surface area contributed by atoms with E-state index < -0.39 is 16.0 Å². The van der Waals surface area contributed by atoms with Gasteiger partial charge in [-0.25, -0.2) is 13.2 Å². The molecule has 0 saturated carbocycles. The van der Waals surface area contributed by atoms with Gasteiger partial charge in [0.05, 0.1) is 24.7 Å². The lowest BCUT2D eigenvalue weighted by Gasteiger charge is -2.26. The van der Waals surface area contributed by atoms with Crippen LogP contribution >= 0.6 is 0 Å². The molecule has 7 heteroatoms. The van der Waals surface area contributed by atoms with Crippen molar-refractivity contribution in [3.05, 3.63) is 78.5 Å². The normalized spacial score (nSPS) is 14.8. The van der Waals surface area contributed by atoms with E-state index >= 15 is 0 Å². The summed E-state index contributed by atoms with van der Waals surface area (Å²) >= 11 is 0. The third kappa shape index (κ3) is 3.09. The van der Waals surface area contributed by atoms with Gasteiger partial charge in [-0.1, -0.05) is 30.3 Å². The lowest BCUT2D eigenvalue weighted by Crippen LogP contribution is -2.31. The molecule has 134 valence electrons. The summed E-state index contributed by atoms with van der Waals surface area (Å²) in [6, 6.07) is 13.0. The summed E-state index contributed by atoms with van der Waals surface area (Å²) in [4.78, 5) is 12.7. The molecule has 3 rings (SSSR count). The summed E-state index contributed by atoms with van der Waals surface area (Å²) in [5, 5.41) is 0. The fourth-order valence-electron chi connectivity index (χ4n) is 2.62. The van der Waals surface area contributed by atoms with E-state index in [9.17, 15) is 13.2 Å². The summed E-state index contributed by atoms with van der Waals surface area (Å²) in [6.45, 7) is 3.63. The zero-order valence-corrected chi connectivity index (χ0v) is 14.9. The van der Waals surface area contributed by atoms with Gasteiger partial charge in [0.15, 0.2) is 5.76 Å². The Balaban J connectivity index is 2.03. The molecule has 26 heavy (non-hydrogen) atoms. The minimum atomic E-state index is -3.72. The maximum Gasteiger partial charge on any atom is 0.347 e. The molecule has 0 unspecified atom stereocenters. The number of methoxy groups -OCH3 is 1. The van der Waals surface area contributed by atoms with Crippen LogP contribution in [0.3, 0.4) is 0 Å². The van der Waals surface area contributed by atoms with Crippen molar-refractivity contribution in [3.8, 4) is 5.75 Å². The number of rotatable bonds is 5. The van der Waals surface area contributed by atoms with Crippen LogP contribution < -0.4 is 4.74 Å². The van der Waals surface area contributed by atoms with Crippen molar-refractivity contribution in [2.45, 2.75) is 4.90 Å². The van der Waals surface area contributed by atoms with Crippen LogP contribution in [0.4, 0.5) is 0 Å². The van der Waals surface area contributed by atoms with Crippen molar-refractivity contribution in [1.82, 2.24) is 4.31 Å². The van der Waals surface area contributed by atoms with Crippen LogP contribution in [0.5, 0.6) is 5.75 Å². The average molecular weight is 371 g/mol. The maximum atomic E-state index is 12.7. The summed E-state index contributed by atoms with van der Waals surface area (Å²) in [6.07, 6.45) is 2.76. The summed E-state index contributed by atoms with van der Waals surface area (Å²) in [5.74, 6) is -0.118. The maximum absolute atomic E-state index is 12.7. The highest BCUT2D eigenvalue weighted by Gasteiger charge is 2.32. The molecule has 0 aromatic heterocycles. The smallest absolute Gasteiger partial charge is 0.347 e. The van der Waals surface area contributed by atoms with Crippen LogP contribution in [-0.2, 0) is 14.8 Å². The van der Waals surface area contributed by atoms with Crippen LogP contribution in [0.2, 0.25) is 0 Å². The Morgan fingerprint density at radius 2 is 1.85 bits per heavy atom. The summed E-state index contributed by atoms with van der Waals surface area (Å²) < 4.78 is 37.1. The van der Waals surface area contributed by atoms with Gasteiger partial charge in [0, 0.05) is 5.56 Å². The molecule has 1 aliphatic heterocycles. The predicted molar refractivity (Wildman–Crippen MR) is 96.9 cm³/mol. The Labute approximate surface area is 152 Å². The molecule has 0 radical (unpaired) electrons. The van der Waals surface area contributed by atoms with Crippen molar-refractivity contribution < 1.29 is 22.7 Å². The minimum Gasteiger partial charge on any atom is -0.496 e. The highest BCUT2D eigenvalue weighted by Crippen LogP contribution is 2.33. The van der Waals surface area contributed by atoms with Gasteiger partial charge in [0.1, 0.15) is 11.3 Å². The molecular weight excluding hydrogens is 354 g/mol. The van der Waals surface area contributed by atoms with E-state index in [1.165, 1.54) is 25.5 Å². The first-order valence-corrected chi connectivity index (χ1v) is 9.22. The van der Waals surface area contributed by atoms with Crippen molar-refractivity contribution in [2.75, 3.05) is 13.7 Å². The fourth-order valence-corrected chi connectivity index (χ4v) is 4.10. The number of hydrogen-bond donors (Lipinski definition) is 0. The first-order chi connectivity index (χ1) is 12.5. The van der Waals surface area contributed by atoms with Gasteiger partial charge in [0.25, 0.3) is 10.0 Å². The van der Waals surface area contributed by atoms with Gasteiger partial charge in [-0.15, -0.1) is 6.58 Å². The zero-order chi connectivity index (χ0) is 18.7. The monoisotopic (exact) mass is 371 g/mol. The number of ether oxygens (including phenoxy) is 2. The summed E-state index contributed by atoms with van der Waals surface area (Å²) in [7, 11) is -2.26. The van der Waals surface area contributed by atoms with Crippen molar-refractivity contribution in [2.24, 2.45) is 0 Å². The molecule has 0 amide bonds. The molecule has 0 aliphatic carbocycles. The third-order valence-corrected chi connectivity index (χ3v) is 5.62. The van der Waals surface area contributed by atoms with E-state index in [0.717, 1.165) is 4.31 Å². The van der Waals surface area contributed by atoms with E-state index in [4.69, 9.17) is 9.47 Å². The first-order valence-electron chi connectivity index (χ1n) is 7.78. The Bertz CT molecular complexity index is 994. The Morgan fingerprint density at radius 1 is 1.15 bits per heavy atom. The molecule has 2 aromatic rings. The van der Waals surface area contributed by atoms with Gasteiger partial charge in [-0.05, 0) is 24.3 Å². The largest absolute Gasteiger partial charge is 0.496 e. The lowest BCUT2D eigenvalue weighted by atomic mass is 10.1. The number of hydrogen-bond acceptors (Lipinski definition) is 5. The molecule has 1 heterocycles. The number of nitrogens with zero attached hydrogens (tertiary/aromatic N) is 1. The number of para-hydroxylation sites is 1. The molecule has 6 nitrogen and oxygen atoms in total. The second-order valence-electron chi connectivity index (χ2n) is 5.44. The zero-order valence-electron chi connectivity index (χ0n) is 14.1. The number of benzene rings is 2. The second-order valence-corrected chi connectivity index (χ2v) is 7.30. The molecule has 0 fully saturated rings. The number of fused-ring (bicyclic) bond motifs is 1. The molecule has 1 aliphatic rings.